The lowest BCUT2D eigenvalue weighted by atomic mass is 10.1. The van der Waals surface area contributed by atoms with Gasteiger partial charge in [-0.15, -0.1) is 0 Å². The lowest BCUT2D eigenvalue weighted by molar-refractivity contribution is -0.126. The first-order chi connectivity index (χ1) is 9.34. The van der Waals surface area contributed by atoms with Gasteiger partial charge in [0.15, 0.2) is 0 Å². The first-order valence-electron chi connectivity index (χ1n) is 6.88. The third kappa shape index (κ3) is 2.55. The molecule has 0 aliphatic carbocycles. The molecule has 3 heteroatoms. The number of carbonyl (C=O) groups excluding carboxylic acids is 1. The standard InChI is InChI=1S/C16H18N2O/c19-16(18-10-4-1-5-11-18)9-8-13-12-17-15-7-3-2-6-14(13)15/h2-3,6-9,12,17H,1,4-5,10-11H2. The minimum absolute atomic E-state index is 0.130. The van der Waals surface area contributed by atoms with Gasteiger partial charge in [0.2, 0.25) is 5.91 Å². The molecule has 1 fully saturated rings. The number of fused-ring (bicyclic) bond motifs is 1. The van der Waals surface area contributed by atoms with Crippen LogP contribution >= 0.6 is 0 Å². The van der Waals surface area contributed by atoms with E-state index in [1.807, 2.05) is 35.4 Å². The van der Waals surface area contributed by atoms with E-state index in [0.29, 0.717) is 0 Å². The number of aromatic nitrogens is 1. The van der Waals surface area contributed by atoms with Crippen molar-refractivity contribution in [1.29, 1.82) is 0 Å². The van der Waals surface area contributed by atoms with Gasteiger partial charge >= 0.3 is 0 Å². The number of benzene rings is 1. The molecule has 1 aromatic heterocycles. The Bertz CT molecular complexity index is 606. The Morgan fingerprint density at radius 2 is 1.95 bits per heavy atom. The van der Waals surface area contributed by atoms with Crippen molar-refractivity contribution in [3.8, 4) is 0 Å². The summed E-state index contributed by atoms with van der Waals surface area (Å²) in [5.74, 6) is 0.130. The highest BCUT2D eigenvalue weighted by molar-refractivity contribution is 5.96. The quantitative estimate of drug-likeness (QED) is 0.821. The second kappa shape index (κ2) is 5.31. The van der Waals surface area contributed by atoms with E-state index in [-0.39, 0.29) is 5.91 Å². The normalized spacial score (nSPS) is 16.3. The molecule has 2 aromatic rings. The summed E-state index contributed by atoms with van der Waals surface area (Å²) in [5, 5.41) is 1.16. The number of hydrogen-bond acceptors (Lipinski definition) is 1. The monoisotopic (exact) mass is 254 g/mol. The topological polar surface area (TPSA) is 36.1 Å². The number of amides is 1. The number of H-pyrrole nitrogens is 1. The Labute approximate surface area is 112 Å². The first-order valence-corrected chi connectivity index (χ1v) is 6.88. The number of para-hydroxylation sites is 1. The van der Waals surface area contributed by atoms with Crippen molar-refractivity contribution in [2.24, 2.45) is 0 Å². The van der Waals surface area contributed by atoms with Crippen LogP contribution in [0.5, 0.6) is 0 Å². The summed E-state index contributed by atoms with van der Waals surface area (Å²) in [7, 11) is 0. The maximum atomic E-state index is 12.1. The van der Waals surface area contributed by atoms with Crippen LogP contribution in [0.1, 0.15) is 24.8 Å². The van der Waals surface area contributed by atoms with Gasteiger partial charge in [0.05, 0.1) is 0 Å². The van der Waals surface area contributed by atoms with Gasteiger partial charge in [-0.05, 0) is 37.0 Å². The Hall–Kier alpha value is -2.03. The molecule has 1 amide bonds. The molecule has 1 aliphatic rings. The largest absolute Gasteiger partial charge is 0.361 e. The van der Waals surface area contributed by atoms with Crippen LogP contribution in [0, 0.1) is 0 Å². The number of nitrogens with zero attached hydrogens (tertiary/aromatic N) is 1. The van der Waals surface area contributed by atoms with Crippen molar-refractivity contribution in [3.05, 3.63) is 42.1 Å². The van der Waals surface area contributed by atoms with Crippen LogP contribution in [0.25, 0.3) is 17.0 Å². The maximum Gasteiger partial charge on any atom is 0.246 e. The third-order valence-corrected chi connectivity index (χ3v) is 3.69. The Balaban J connectivity index is 1.76. The van der Waals surface area contributed by atoms with Crippen LogP contribution in [-0.2, 0) is 4.79 Å². The molecule has 2 heterocycles. The molecule has 0 radical (unpaired) electrons. The number of hydrogen-bond donors (Lipinski definition) is 1. The molecule has 0 unspecified atom stereocenters. The van der Waals surface area contributed by atoms with Gasteiger partial charge in [-0.1, -0.05) is 18.2 Å². The molecule has 0 atom stereocenters. The number of piperidine rings is 1. The minimum atomic E-state index is 0.130. The zero-order valence-corrected chi connectivity index (χ0v) is 10.9. The van der Waals surface area contributed by atoms with Crippen molar-refractivity contribution in [2.75, 3.05) is 13.1 Å². The SMILES string of the molecule is O=C(C=Cc1c[nH]c2ccccc12)N1CCCCC1. The Kier molecular flexibility index (Phi) is 3.36. The molecule has 1 aliphatic heterocycles. The highest BCUT2D eigenvalue weighted by atomic mass is 16.2. The molecule has 1 aromatic carbocycles. The molecule has 3 nitrogen and oxygen atoms in total. The van der Waals surface area contributed by atoms with Crippen LogP contribution in [0.3, 0.4) is 0 Å². The zero-order valence-electron chi connectivity index (χ0n) is 10.9. The van der Waals surface area contributed by atoms with Gasteiger partial charge in [0.25, 0.3) is 0 Å². The zero-order chi connectivity index (χ0) is 13.1. The van der Waals surface area contributed by atoms with Crippen LogP contribution < -0.4 is 0 Å². The molecular weight excluding hydrogens is 236 g/mol. The second-order valence-electron chi connectivity index (χ2n) is 5.01. The summed E-state index contributed by atoms with van der Waals surface area (Å²) in [6, 6.07) is 8.13. The molecule has 0 saturated carbocycles. The van der Waals surface area contributed by atoms with E-state index in [2.05, 4.69) is 11.1 Å². The third-order valence-electron chi connectivity index (χ3n) is 3.69. The van der Waals surface area contributed by atoms with Crippen molar-refractivity contribution >= 4 is 22.9 Å². The molecule has 0 bridgehead atoms. The summed E-state index contributed by atoms with van der Waals surface area (Å²) in [6.07, 6.45) is 9.07. The minimum Gasteiger partial charge on any atom is -0.361 e. The van der Waals surface area contributed by atoms with E-state index >= 15 is 0 Å². The number of carbonyl (C=O) groups is 1. The van der Waals surface area contributed by atoms with Gasteiger partial charge in [0, 0.05) is 36.3 Å². The highest BCUT2D eigenvalue weighted by Crippen LogP contribution is 2.19. The van der Waals surface area contributed by atoms with Gasteiger partial charge in [-0.2, -0.15) is 0 Å². The fraction of sp³-hybridized carbons (Fsp3) is 0.312. The second-order valence-corrected chi connectivity index (χ2v) is 5.01. The van der Waals surface area contributed by atoms with E-state index in [4.69, 9.17) is 0 Å². The van der Waals surface area contributed by atoms with Gasteiger partial charge in [-0.3, -0.25) is 4.79 Å². The van der Waals surface area contributed by atoms with Crippen molar-refractivity contribution in [3.63, 3.8) is 0 Å². The summed E-state index contributed by atoms with van der Waals surface area (Å²) in [6.45, 7) is 1.80. The van der Waals surface area contributed by atoms with Gasteiger partial charge in [-0.25, -0.2) is 0 Å². The summed E-state index contributed by atoms with van der Waals surface area (Å²) < 4.78 is 0. The summed E-state index contributed by atoms with van der Waals surface area (Å²) in [4.78, 5) is 17.2. The first kappa shape index (κ1) is 12.0. The van der Waals surface area contributed by atoms with Gasteiger partial charge in [0.1, 0.15) is 0 Å². The van der Waals surface area contributed by atoms with E-state index in [1.54, 1.807) is 6.08 Å². The molecule has 1 N–H and O–H groups in total. The van der Waals surface area contributed by atoms with E-state index in [1.165, 1.54) is 6.42 Å². The summed E-state index contributed by atoms with van der Waals surface area (Å²) >= 11 is 0. The number of aromatic amines is 1. The van der Waals surface area contributed by atoms with E-state index in [0.717, 1.165) is 42.4 Å². The predicted molar refractivity (Wildman–Crippen MR) is 77.8 cm³/mol. The fourth-order valence-corrected chi connectivity index (χ4v) is 2.61. The van der Waals surface area contributed by atoms with Crippen LogP contribution in [-0.4, -0.2) is 28.9 Å². The van der Waals surface area contributed by atoms with E-state index < -0.39 is 0 Å². The maximum absolute atomic E-state index is 12.1. The molecule has 98 valence electrons. The molecule has 19 heavy (non-hydrogen) atoms. The lowest BCUT2D eigenvalue weighted by Gasteiger charge is -2.25. The van der Waals surface area contributed by atoms with Crippen LogP contribution in [0.15, 0.2) is 36.5 Å². The highest BCUT2D eigenvalue weighted by Gasteiger charge is 2.13. The van der Waals surface area contributed by atoms with Gasteiger partial charge < -0.3 is 9.88 Å². The molecule has 3 rings (SSSR count). The molecule has 1 saturated heterocycles. The van der Waals surface area contributed by atoms with Crippen LogP contribution in [0.4, 0.5) is 0 Å². The molecular formula is C16H18N2O. The average Bonchev–Trinajstić information content (AvgIpc) is 2.89. The Morgan fingerprint density at radius 1 is 1.16 bits per heavy atom. The van der Waals surface area contributed by atoms with Crippen molar-refractivity contribution in [2.45, 2.75) is 19.3 Å². The van der Waals surface area contributed by atoms with Crippen molar-refractivity contribution in [1.82, 2.24) is 9.88 Å². The summed E-state index contributed by atoms with van der Waals surface area (Å²) in [5.41, 5.74) is 2.17. The smallest absolute Gasteiger partial charge is 0.246 e. The fourth-order valence-electron chi connectivity index (χ4n) is 2.61. The number of rotatable bonds is 2. The Morgan fingerprint density at radius 3 is 2.79 bits per heavy atom. The van der Waals surface area contributed by atoms with Crippen LogP contribution in [0.2, 0.25) is 0 Å². The number of likely N-dealkylation sites (tertiary alicyclic amines) is 1. The predicted octanol–water partition coefficient (Wildman–Crippen LogP) is 3.19. The van der Waals surface area contributed by atoms with E-state index in [9.17, 15) is 4.79 Å². The molecule has 0 spiro atoms. The number of nitrogens with one attached hydrogen (secondary N) is 1. The lowest BCUT2D eigenvalue weighted by Crippen LogP contribution is -2.34. The average molecular weight is 254 g/mol. The van der Waals surface area contributed by atoms with Crippen molar-refractivity contribution < 1.29 is 4.79 Å².